The van der Waals surface area contributed by atoms with Crippen LogP contribution in [0.15, 0.2) is 109 Å². The van der Waals surface area contributed by atoms with Crippen molar-refractivity contribution >= 4 is 15.2 Å². The Morgan fingerprint density at radius 1 is 0.452 bits per heavy atom. The Kier molecular flexibility index (Phi) is 7.83. The summed E-state index contributed by atoms with van der Waals surface area (Å²) < 4.78 is 12.2. The Hall–Kier alpha value is -2.99. The van der Waals surface area contributed by atoms with Gasteiger partial charge in [0.15, 0.2) is 0 Å². The normalized spacial score (nSPS) is 10.5. The van der Waals surface area contributed by atoms with E-state index < -0.39 is 0 Å². The summed E-state index contributed by atoms with van der Waals surface area (Å²) in [4.78, 5) is 0. The van der Waals surface area contributed by atoms with Crippen LogP contribution in [-0.2, 0) is 0 Å². The number of para-hydroxylation sites is 2. The maximum absolute atomic E-state index is 6.11. The molecule has 0 N–H and O–H groups in total. The molecule has 153 valence electrons. The molecule has 0 aliphatic rings. The first-order valence-corrected chi connectivity index (χ1v) is 12.4. The molecule has 0 bridgehead atoms. The molecule has 2 nitrogen and oxygen atoms in total. The Balaban J connectivity index is 1.22. The molecule has 0 spiro atoms. The molecule has 0 amide bonds. The highest BCUT2D eigenvalue weighted by Crippen LogP contribution is 2.30. The van der Waals surface area contributed by atoms with Gasteiger partial charge in [-0.25, -0.2) is 0 Å². The first kappa shape index (κ1) is 21.3. The van der Waals surface area contributed by atoms with Crippen molar-refractivity contribution in [2.24, 2.45) is 0 Å². The molecule has 0 aliphatic carbocycles. The maximum atomic E-state index is 6.11. The predicted molar refractivity (Wildman–Crippen MR) is 130 cm³/mol. The van der Waals surface area contributed by atoms with E-state index in [-0.39, 0.29) is 0 Å². The zero-order chi connectivity index (χ0) is 21.1. The average molecular weight is 421 g/mol. The third-order valence-corrected chi connectivity index (χ3v) is 6.39. The molecule has 3 heteroatoms. The first-order chi connectivity index (χ1) is 15.4. The summed E-state index contributed by atoms with van der Waals surface area (Å²) in [6.45, 7) is 1.50. The molecule has 0 aliphatic heterocycles. The molecule has 0 atom stereocenters. The minimum Gasteiger partial charge on any atom is -0.494 e. The first-order valence-electron chi connectivity index (χ1n) is 10.8. The van der Waals surface area contributed by atoms with Crippen LogP contribution in [0.25, 0.3) is 22.3 Å². The van der Waals surface area contributed by atoms with Crippen LogP contribution >= 0.6 is 0 Å². The zero-order valence-corrected chi connectivity index (χ0v) is 18.8. The van der Waals surface area contributed by atoms with Gasteiger partial charge in [0.05, 0.1) is 13.2 Å². The van der Waals surface area contributed by atoms with Gasteiger partial charge in [-0.3, -0.25) is 0 Å². The summed E-state index contributed by atoms with van der Waals surface area (Å²) in [6.07, 6.45) is 0. The van der Waals surface area contributed by atoms with Gasteiger partial charge in [-0.05, 0) is 23.3 Å². The highest BCUT2D eigenvalue weighted by atomic mass is 27.1. The topological polar surface area (TPSA) is 18.5 Å². The molecule has 31 heavy (non-hydrogen) atoms. The monoisotopic (exact) mass is 421 g/mol. The lowest BCUT2D eigenvalue weighted by Gasteiger charge is -2.12. The highest BCUT2D eigenvalue weighted by molar-refractivity contribution is 6.35. The predicted octanol–water partition coefficient (Wildman–Crippen LogP) is 7.02. The molecule has 0 saturated heterocycles. The van der Waals surface area contributed by atoms with Crippen molar-refractivity contribution in [2.45, 2.75) is 10.6 Å². The second-order valence-corrected chi connectivity index (χ2v) is 9.02. The number of benzene rings is 4. The number of ether oxygens (including phenoxy) is 2. The van der Waals surface area contributed by atoms with Gasteiger partial charge in [0.25, 0.3) is 0 Å². The van der Waals surface area contributed by atoms with Gasteiger partial charge in [-0.15, -0.1) is 0 Å². The molecule has 4 aromatic carbocycles. The molecular formula is C28H26AlO2. The number of rotatable bonds is 10. The van der Waals surface area contributed by atoms with Crippen LogP contribution in [0, 0.1) is 0 Å². The minimum atomic E-state index is 0.296. The third-order valence-electron chi connectivity index (χ3n) is 5.10. The largest absolute Gasteiger partial charge is 0.494 e. The van der Waals surface area contributed by atoms with Crippen molar-refractivity contribution in [3.05, 3.63) is 109 Å². The molecule has 0 fully saturated rings. The zero-order valence-electron chi connectivity index (χ0n) is 17.6. The quantitative estimate of drug-likeness (QED) is 0.202. The minimum absolute atomic E-state index is 0.296. The SMILES string of the molecule is c1ccc(-c2ccccc2OC[CH2][Al][CH2]COc2ccccc2-c2ccccc2)cc1. The second-order valence-electron chi connectivity index (χ2n) is 7.29. The van der Waals surface area contributed by atoms with Gasteiger partial charge in [-0.2, -0.15) is 0 Å². The van der Waals surface area contributed by atoms with Gasteiger partial charge >= 0.3 is 0 Å². The fraction of sp³-hybridized carbons (Fsp3) is 0.143. The molecule has 4 rings (SSSR count). The van der Waals surface area contributed by atoms with E-state index in [4.69, 9.17) is 9.47 Å². The lowest BCUT2D eigenvalue weighted by atomic mass is 10.1. The Morgan fingerprint density at radius 3 is 1.29 bits per heavy atom. The van der Waals surface area contributed by atoms with E-state index in [2.05, 4.69) is 84.9 Å². The van der Waals surface area contributed by atoms with Gasteiger partial charge in [-0.1, -0.05) is 108 Å². The molecule has 1 radical (unpaired) electrons. The van der Waals surface area contributed by atoms with Crippen LogP contribution in [0.1, 0.15) is 0 Å². The molecule has 4 aromatic rings. The lowest BCUT2D eigenvalue weighted by Crippen LogP contribution is -2.06. The molecule has 0 unspecified atom stereocenters. The van der Waals surface area contributed by atoms with E-state index in [0.717, 1.165) is 46.4 Å². The van der Waals surface area contributed by atoms with Crippen LogP contribution < -0.4 is 9.47 Å². The van der Waals surface area contributed by atoms with Crippen molar-refractivity contribution in [3.63, 3.8) is 0 Å². The molecule has 0 saturated carbocycles. The summed E-state index contributed by atoms with van der Waals surface area (Å²) in [5.74, 6) is 1.92. The van der Waals surface area contributed by atoms with Crippen LogP contribution in [0.5, 0.6) is 11.5 Å². The van der Waals surface area contributed by atoms with Crippen molar-refractivity contribution in [2.75, 3.05) is 13.2 Å². The van der Waals surface area contributed by atoms with Crippen molar-refractivity contribution in [1.82, 2.24) is 0 Å². The second kappa shape index (κ2) is 11.4. The van der Waals surface area contributed by atoms with Gasteiger partial charge < -0.3 is 9.47 Å². The summed E-state index contributed by atoms with van der Waals surface area (Å²) in [6, 6.07) is 37.4. The van der Waals surface area contributed by atoms with E-state index in [9.17, 15) is 0 Å². The van der Waals surface area contributed by atoms with Crippen molar-refractivity contribution in [1.29, 1.82) is 0 Å². The Bertz CT molecular complexity index is 977. The molecule has 0 heterocycles. The van der Waals surface area contributed by atoms with Crippen LogP contribution in [-0.4, -0.2) is 28.4 Å². The summed E-state index contributed by atoms with van der Waals surface area (Å²) in [7, 11) is 0. The maximum Gasteiger partial charge on any atom is 0.210 e. The van der Waals surface area contributed by atoms with Crippen LogP contribution in [0.2, 0.25) is 10.6 Å². The smallest absolute Gasteiger partial charge is 0.210 e. The number of hydrogen-bond donors (Lipinski definition) is 0. The fourth-order valence-corrected chi connectivity index (χ4v) is 4.40. The van der Waals surface area contributed by atoms with E-state index in [0.29, 0.717) is 15.2 Å². The summed E-state index contributed by atoms with van der Waals surface area (Å²) in [5, 5.41) is 2.18. The Labute approximate surface area is 191 Å². The summed E-state index contributed by atoms with van der Waals surface area (Å²) >= 11 is 0.296. The van der Waals surface area contributed by atoms with E-state index in [1.807, 2.05) is 24.3 Å². The Morgan fingerprint density at radius 2 is 0.839 bits per heavy atom. The van der Waals surface area contributed by atoms with Crippen molar-refractivity contribution in [3.8, 4) is 33.8 Å². The molecular weight excluding hydrogens is 395 g/mol. The van der Waals surface area contributed by atoms with Gasteiger partial charge in [0, 0.05) is 11.1 Å². The van der Waals surface area contributed by atoms with Gasteiger partial charge in [0.1, 0.15) is 11.5 Å². The van der Waals surface area contributed by atoms with Crippen LogP contribution in [0.3, 0.4) is 0 Å². The summed E-state index contributed by atoms with van der Waals surface area (Å²) in [5.41, 5.74) is 4.68. The fourth-order valence-electron chi connectivity index (χ4n) is 3.55. The van der Waals surface area contributed by atoms with Crippen LogP contribution in [0.4, 0.5) is 0 Å². The van der Waals surface area contributed by atoms with Crippen molar-refractivity contribution < 1.29 is 9.47 Å². The number of hydrogen-bond acceptors (Lipinski definition) is 2. The molecule has 0 aromatic heterocycles. The van der Waals surface area contributed by atoms with E-state index in [1.165, 1.54) is 11.1 Å². The van der Waals surface area contributed by atoms with E-state index in [1.54, 1.807) is 0 Å². The average Bonchev–Trinajstić information content (AvgIpc) is 2.85. The van der Waals surface area contributed by atoms with Gasteiger partial charge in [0.2, 0.25) is 15.2 Å². The van der Waals surface area contributed by atoms with E-state index >= 15 is 0 Å². The lowest BCUT2D eigenvalue weighted by molar-refractivity contribution is 0.334. The third kappa shape index (κ3) is 6.01. The standard InChI is InChI=1S/2C14H13O.Al/c2*1-2-15-14-11-7-6-10-13(14)12-8-4-3-5-9-12;/h2*3-11H,1-2H2;. The highest BCUT2D eigenvalue weighted by Gasteiger charge is 2.07.